The average Bonchev–Trinajstić information content (AvgIpc) is 2.50. The van der Waals surface area contributed by atoms with E-state index in [9.17, 15) is 8.42 Å². The first-order valence-corrected chi connectivity index (χ1v) is 7.99. The molecule has 0 unspecified atom stereocenters. The fraction of sp³-hybridized carbons (Fsp3) is 0.500. The Morgan fingerprint density at radius 1 is 1.14 bits per heavy atom. The van der Waals surface area contributed by atoms with Crippen molar-refractivity contribution in [2.75, 3.05) is 40.5 Å². The highest BCUT2D eigenvalue weighted by atomic mass is 32.2. The van der Waals surface area contributed by atoms with Crippen LogP contribution in [0.3, 0.4) is 0 Å². The zero-order chi connectivity index (χ0) is 15.7. The molecule has 0 saturated heterocycles. The van der Waals surface area contributed by atoms with Gasteiger partial charge >= 0.3 is 0 Å². The van der Waals surface area contributed by atoms with E-state index < -0.39 is 10.0 Å². The van der Waals surface area contributed by atoms with Crippen LogP contribution in [0.25, 0.3) is 0 Å². The maximum absolute atomic E-state index is 12.7. The predicted octanol–water partition coefficient (Wildman–Crippen LogP) is 1.23. The summed E-state index contributed by atoms with van der Waals surface area (Å²) < 4.78 is 36.6. The van der Waals surface area contributed by atoms with Gasteiger partial charge in [0.25, 0.3) is 0 Å². The molecule has 0 amide bonds. The average molecular weight is 312 g/mol. The van der Waals surface area contributed by atoms with Crippen molar-refractivity contribution in [3.05, 3.63) is 29.8 Å². The highest BCUT2D eigenvalue weighted by Gasteiger charge is 2.26. The Labute approximate surface area is 125 Å². The molecule has 7 heteroatoms. The molecule has 1 rings (SSSR count). The summed E-state index contributed by atoms with van der Waals surface area (Å²) in [5.41, 5.74) is 0.145. The maximum atomic E-state index is 12.7. The van der Waals surface area contributed by atoms with Gasteiger partial charge in [0.05, 0.1) is 17.1 Å². The van der Waals surface area contributed by atoms with E-state index in [2.05, 4.69) is 0 Å². The van der Waals surface area contributed by atoms with Gasteiger partial charge in [0.1, 0.15) is 6.07 Å². The van der Waals surface area contributed by atoms with Crippen LogP contribution in [0.5, 0.6) is 0 Å². The number of ether oxygens (including phenoxy) is 2. The Morgan fingerprint density at radius 3 is 2.43 bits per heavy atom. The first kappa shape index (κ1) is 17.6. The molecule has 0 bridgehead atoms. The van der Waals surface area contributed by atoms with Crippen LogP contribution in [-0.4, -0.2) is 53.2 Å². The quantitative estimate of drug-likeness (QED) is 0.641. The van der Waals surface area contributed by atoms with E-state index in [1.165, 1.54) is 23.5 Å². The second-order valence-corrected chi connectivity index (χ2v) is 6.26. The van der Waals surface area contributed by atoms with Crippen molar-refractivity contribution in [1.29, 1.82) is 5.26 Å². The lowest BCUT2D eigenvalue weighted by atomic mass is 10.2. The molecule has 0 heterocycles. The molecule has 116 valence electrons. The number of sulfonamides is 1. The van der Waals surface area contributed by atoms with E-state index in [4.69, 9.17) is 14.7 Å². The molecule has 0 aromatic heterocycles. The molecule has 0 saturated carbocycles. The monoisotopic (exact) mass is 312 g/mol. The summed E-state index contributed by atoms with van der Waals surface area (Å²) >= 11 is 0. The summed E-state index contributed by atoms with van der Waals surface area (Å²) in [6.07, 6.45) is 0.578. The standard InChI is InChI=1S/C14H20N2O4S/c1-19-10-5-8-16(9-11-20-2)21(17,18)14-7-4-3-6-13(14)12-15/h3-4,6-7H,5,8-11H2,1-2H3. The molecule has 0 atom stereocenters. The Morgan fingerprint density at radius 2 is 1.81 bits per heavy atom. The second kappa shape index (κ2) is 8.74. The van der Waals surface area contributed by atoms with E-state index in [-0.39, 0.29) is 17.0 Å². The minimum atomic E-state index is -3.72. The molecule has 0 aliphatic rings. The first-order chi connectivity index (χ1) is 10.1. The Bertz CT molecular complexity index is 581. The molecule has 0 aliphatic heterocycles. The minimum absolute atomic E-state index is 0.0287. The number of nitrogens with zero attached hydrogens (tertiary/aromatic N) is 2. The van der Waals surface area contributed by atoms with Gasteiger partial charge in [0, 0.05) is 33.9 Å². The molecular formula is C14H20N2O4S. The van der Waals surface area contributed by atoms with Gasteiger partial charge < -0.3 is 9.47 Å². The highest BCUT2D eigenvalue weighted by Crippen LogP contribution is 2.19. The zero-order valence-electron chi connectivity index (χ0n) is 12.3. The molecule has 0 aliphatic carbocycles. The van der Waals surface area contributed by atoms with E-state index >= 15 is 0 Å². The molecule has 6 nitrogen and oxygen atoms in total. The summed E-state index contributed by atoms with van der Waals surface area (Å²) in [6, 6.07) is 8.11. The third-order valence-electron chi connectivity index (χ3n) is 2.93. The predicted molar refractivity (Wildman–Crippen MR) is 78.3 cm³/mol. The second-order valence-electron chi connectivity index (χ2n) is 4.35. The lowest BCUT2D eigenvalue weighted by molar-refractivity contribution is 0.164. The van der Waals surface area contributed by atoms with Crippen molar-refractivity contribution in [3.8, 4) is 6.07 Å². The molecule has 1 aromatic carbocycles. The van der Waals surface area contributed by atoms with E-state index in [1.54, 1.807) is 19.2 Å². The first-order valence-electron chi connectivity index (χ1n) is 6.55. The summed E-state index contributed by atoms with van der Waals surface area (Å²) in [5.74, 6) is 0. The van der Waals surface area contributed by atoms with Crippen LogP contribution in [0.1, 0.15) is 12.0 Å². The van der Waals surface area contributed by atoms with Gasteiger partial charge in [-0.15, -0.1) is 0 Å². The van der Waals surface area contributed by atoms with Crippen molar-refractivity contribution in [1.82, 2.24) is 4.31 Å². The van der Waals surface area contributed by atoms with Gasteiger partial charge in [-0.05, 0) is 18.6 Å². The van der Waals surface area contributed by atoms with Gasteiger partial charge in [-0.2, -0.15) is 9.57 Å². The van der Waals surface area contributed by atoms with Crippen molar-refractivity contribution in [3.63, 3.8) is 0 Å². The lowest BCUT2D eigenvalue weighted by Crippen LogP contribution is -2.35. The molecule has 0 radical (unpaired) electrons. The third kappa shape index (κ3) is 4.79. The van der Waals surface area contributed by atoms with Crippen LogP contribution in [0.15, 0.2) is 29.2 Å². The van der Waals surface area contributed by atoms with Crippen molar-refractivity contribution >= 4 is 10.0 Å². The van der Waals surface area contributed by atoms with Crippen LogP contribution < -0.4 is 0 Å². The largest absolute Gasteiger partial charge is 0.385 e. The number of methoxy groups -OCH3 is 2. The third-order valence-corrected chi connectivity index (χ3v) is 4.88. The van der Waals surface area contributed by atoms with E-state index in [0.717, 1.165) is 0 Å². The molecule has 0 fully saturated rings. The highest BCUT2D eigenvalue weighted by molar-refractivity contribution is 7.89. The van der Waals surface area contributed by atoms with Crippen molar-refractivity contribution in [2.24, 2.45) is 0 Å². The van der Waals surface area contributed by atoms with E-state index in [0.29, 0.717) is 26.2 Å². The van der Waals surface area contributed by atoms with Crippen LogP contribution in [-0.2, 0) is 19.5 Å². The van der Waals surface area contributed by atoms with Crippen molar-refractivity contribution < 1.29 is 17.9 Å². The number of hydrogen-bond donors (Lipinski definition) is 0. The fourth-order valence-corrected chi connectivity index (χ4v) is 3.46. The molecule has 1 aromatic rings. The number of rotatable bonds is 9. The Kier molecular flexibility index (Phi) is 7.32. The minimum Gasteiger partial charge on any atom is -0.385 e. The molecular weight excluding hydrogens is 292 g/mol. The normalized spacial score (nSPS) is 11.5. The molecule has 0 N–H and O–H groups in total. The topological polar surface area (TPSA) is 79.6 Å². The molecule has 0 spiro atoms. The van der Waals surface area contributed by atoms with Gasteiger partial charge in [-0.25, -0.2) is 8.42 Å². The summed E-state index contributed by atoms with van der Waals surface area (Å²) in [6.45, 7) is 1.32. The Balaban J connectivity index is 3.05. The maximum Gasteiger partial charge on any atom is 0.244 e. The number of benzene rings is 1. The van der Waals surface area contributed by atoms with E-state index in [1.807, 2.05) is 6.07 Å². The van der Waals surface area contributed by atoms with Gasteiger partial charge in [0.15, 0.2) is 0 Å². The SMILES string of the molecule is COCCCN(CCOC)S(=O)(=O)c1ccccc1C#N. The summed E-state index contributed by atoms with van der Waals surface area (Å²) in [7, 11) is -0.636. The fourth-order valence-electron chi connectivity index (χ4n) is 1.85. The van der Waals surface area contributed by atoms with Gasteiger partial charge in [0.2, 0.25) is 10.0 Å². The smallest absolute Gasteiger partial charge is 0.244 e. The lowest BCUT2D eigenvalue weighted by Gasteiger charge is -2.22. The zero-order valence-corrected chi connectivity index (χ0v) is 13.1. The van der Waals surface area contributed by atoms with Crippen molar-refractivity contribution in [2.45, 2.75) is 11.3 Å². The Hall–Kier alpha value is -1.46. The summed E-state index contributed by atoms with van der Waals surface area (Å²) in [4.78, 5) is 0.0287. The van der Waals surface area contributed by atoms with Crippen LogP contribution in [0.2, 0.25) is 0 Å². The van der Waals surface area contributed by atoms with Crippen LogP contribution in [0.4, 0.5) is 0 Å². The molecule has 21 heavy (non-hydrogen) atoms. The number of hydrogen-bond acceptors (Lipinski definition) is 5. The number of nitriles is 1. The van der Waals surface area contributed by atoms with Gasteiger partial charge in [-0.1, -0.05) is 12.1 Å². The van der Waals surface area contributed by atoms with Crippen LogP contribution in [0, 0.1) is 11.3 Å². The van der Waals surface area contributed by atoms with Crippen LogP contribution >= 0.6 is 0 Å². The summed E-state index contributed by atoms with van der Waals surface area (Å²) in [5, 5.41) is 9.08. The van der Waals surface area contributed by atoms with Gasteiger partial charge in [-0.3, -0.25) is 0 Å².